The minimum Gasteiger partial charge on any atom is -0.392 e. The maximum absolute atomic E-state index is 9.12. The highest BCUT2D eigenvalue weighted by molar-refractivity contribution is 5.29. The summed E-state index contributed by atoms with van der Waals surface area (Å²) in [4.78, 5) is 2.23. The Bertz CT molecular complexity index is 303. The van der Waals surface area contributed by atoms with Crippen LogP contribution in [-0.4, -0.2) is 28.7 Å². The molecule has 0 aliphatic rings. The molecule has 16 heavy (non-hydrogen) atoms. The van der Waals surface area contributed by atoms with E-state index in [0.29, 0.717) is 0 Å². The zero-order valence-electron chi connectivity index (χ0n) is 10.1. The van der Waals surface area contributed by atoms with E-state index in [4.69, 9.17) is 10.2 Å². The van der Waals surface area contributed by atoms with E-state index in [1.165, 1.54) is 0 Å². The molecule has 0 saturated carbocycles. The number of benzene rings is 1. The van der Waals surface area contributed by atoms with Gasteiger partial charge >= 0.3 is 0 Å². The molecule has 0 radical (unpaired) electrons. The molecule has 1 aromatic rings. The van der Waals surface area contributed by atoms with Gasteiger partial charge in [-0.05, 0) is 36.7 Å². The van der Waals surface area contributed by atoms with Crippen molar-refractivity contribution in [2.45, 2.75) is 33.1 Å². The molecule has 0 aliphatic carbocycles. The van der Waals surface area contributed by atoms with Gasteiger partial charge in [-0.15, -0.1) is 0 Å². The maximum atomic E-state index is 9.12. The van der Waals surface area contributed by atoms with Crippen LogP contribution >= 0.6 is 0 Å². The van der Waals surface area contributed by atoms with E-state index in [0.717, 1.165) is 36.2 Å². The largest absolute Gasteiger partial charge is 0.392 e. The standard InChI is InChI=1S/C13H21NO2/c1-3-4-14(2)8-11-5-12(9-15)7-13(6-11)10-16/h5-7,15-16H,3-4,8-10H2,1-2H3. The summed E-state index contributed by atoms with van der Waals surface area (Å²) in [6.45, 7) is 4.11. The lowest BCUT2D eigenvalue weighted by Crippen LogP contribution is -2.18. The second-order valence-electron chi connectivity index (χ2n) is 4.21. The van der Waals surface area contributed by atoms with Crippen molar-refractivity contribution in [1.29, 1.82) is 0 Å². The molecule has 1 aromatic carbocycles. The number of hydrogen-bond donors (Lipinski definition) is 2. The number of nitrogens with zero attached hydrogens (tertiary/aromatic N) is 1. The first-order valence-electron chi connectivity index (χ1n) is 5.71. The van der Waals surface area contributed by atoms with Gasteiger partial charge in [-0.1, -0.05) is 25.1 Å². The van der Waals surface area contributed by atoms with Gasteiger partial charge < -0.3 is 15.1 Å². The van der Waals surface area contributed by atoms with Gasteiger partial charge in [0.25, 0.3) is 0 Å². The normalized spacial score (nSPS) is 11.1. The highest BCUT2D eigenvalue weighted by Crippen LogP contribution is 2.12. The first-order valence-corrected chi connectivity index (χ1v) is 5.71. The molecule has 90 valence electrons. The molecule has 0 unspecified atom stereocenters. The third-order valence-corrected chi connectivity index (χ3v) is 2.54. The van der Waals surface area contributed by atoms with Crippen molar-refractivity contribution >= 4 is 0 Å². The fourth-order valence-electron chi connectivity index (χ4n) is 1.89. The molecular weight excluding hydrogens is 202 g/mol. The highest BCUT2D eigenvalue weighted by Gasteiger charge is 2.03. The smallest absolute Gasteiger partial charge is 0.0682 e. The zero-order chi connectivity index (χ0) is 12.0. The molecular formula is C13H21NO2. The number of hydrogen-bond acceptors (Lipinski definition) is 3. The van der Waals surface area contributed by atoms with Crippen LogP contribution in [0.25, 0.3) is 0 Å². The molecule has 0 amide bonds. The molecule has 0 saturated heterocycles. The van der Waals surface area contributed by atoms with Crippen LogP contribution < -0.4 is 0 Å². The lowest BCUT2D eigenvalue weighted by Gasteiger charge is -2.16. The second-order valence-corrected chi connectivity index (χ2v) is 4.21. The molecule has 0 heterocycles. The van der Waals surface area contributed by atoms with Crippen LogP contribution in [0.2, 0.25) is 0 Å². The van der Waals surface area contributed by atoms with Gasteiger partial charge in [-0.25, -0.2) is 0 Å². The first-order chi connectivity index (χ1) is 7.69. The third kappa shape index (κ3) is 3.93. The summed E-state index contributed by atoms with van der Waals surface area (Å²) in [6, 6.07) is 5.82. The Morgan fingerprint density at radius 2 is 1.50 bits per heavy atom. The van der Waals surface area contributed by atoms with Gasteiger partial charge in [0.1, 0.15) is 0 Å². The number of aliphatic hydroxyl groups is 2. The minimum atomic E-state index is 0.0261. The van der Waals surface area contributed by atoms with E-state index in [1.54, 1.807) is 0 Å². The summed E-state index contributed by atoms with van der Waals surface area (Å²) in [5.41, 5.74) is 2.88. The van der Waals surface area contributed by atoms with Gasteiger partial charge in [-0.2, -0.15) is 0 Å². The Labute approximate surface area is 97.3 Å². The van der Waals surface area contributed by atoms with Crippen molar-refractivity contribution in [2.24, 2.45) is 0 Å². The molecule has 0 spiro atoms. The Hall–Kier alpha value is -0.900. The van der Waals surface area contributed by atoms with Gasteiger partial charge in [0.2, 0.25) is 0 Å². The van der Waals surface area contributed by atoms with Crippen molar-refractivity contribution in [3.05, 3.63) is 34.9 Å². The van der Waals surface area contributed by atoms with Gasteiger partial charge in [-0.3, -0.25) is 0 Å². The predicted octanol–water partition coefficient (Wildman–Crippen LogP) is 1.51. The van der Waals surface area contributed by atoms with Crippen LogP contribution in [0.5, 0.6) is 0 Å². The highest BCUT2D eigenvalue weighted by atomic mass is 16.3. The fraction of sp³-hybridized carbons (Fsp3) is 0.538. The van der Waals surface area contributed by atoms with Crippen LogP contribution in [0.4, 0.5) is 0 Å². The Morgan fingerprint density at radius 1 is 1.00 bits per heavy atom. The molecule has 1 rings (SSSR count). The second kappa shape index (κ2) is 6.63. The molecule has 0 atom stereocenters. The SMILES string of the molecule is CCCN(C)Cc1cc(CO)cc(CO)c1. The summed E-state index contributed by atoms with van der Waals surface area (Å²) in [5.74, 6) is 0. The lowest BCUT2D eigenvalue weighted by atomic mass is 10.1. The van der Waals surface area contributed by atoms with Crippen LogP contribution in [0.1, 0.15) is 30.0 Å². The van der Waals surface area contributed by atoms with E-state index in [1.807, 2.05) is 18.2 Å². The molecule has 2 N–H and O–H groups in total. The molecule has 0 aliphatic heterocycles. The summed E-state index contributed by atoms with van der Waals surface area (Å²) in [6.07, 6.45) is 1.13. The molecule has 0 fully saturated rings. The van der Waals surface area contributed by atoms with Crippen molar-refractivity contribution in [1.82, 2.24) is 4.90 Å². The van der Waals surface area contributed by atoms with Gasteiger partial charge in [0.15, 0.2) is 0 Å². The average Bonchev–Trinajstić information content (AvgIpc) is 2.28. The quantitative estimate of drug-likeness (QED) is 0.768. The summed E-state index contributed by atoms with van der Waals surface area (Å²) in [7, 11) is 2.08. The van der Waals surface area contributed by atoms with E-state index in [-0.39, 0.29) is 13.2 Å². The van der Waals surface area contributed by atoms with E-state index < -0.39 is 0 Å². The average molecular weight is 223 g/mol. The summed E-state index contributed by atoms with van der Waals surface area (Å²) >= 11 is 0. The van der Waals surface area contributed by atoms with Crippen LogP contribution in [0.3, 0.4) is 0 Å². The maximum Gasteiger partial charge on any atom is 0.0682 e. The Kier molecular flexibility index (Phi) is 5.46. The fourth-order valence-corrected chi connectivity index (χ4v) is 1.89. The van der Waals surface area contributed by atoms with Crippen molar-refractivity contribution in [3.8, 4) is 0 Å². The molecule has 0 bridgehead atoms. The van der Waals surface area contributed by atoms with Crippen molar-refractivity contribution in [2.75, 3.05) is 13.6 Å². The van der Waals surface area contributed by atoms with Crippen molar-refractivity contribution in [3.63, 3.8) is 0 Å². The lowest BCUT2D eigenvalue weighted by molar-refractivity contribution is 0.274. The summed E-state index contributed by atoms with van der Waals surface area (Å²) in [5, 5.41) is 18.2. The van der Waals surface area contributed by atoms with Gasteiger partial charge in [0, 0.05) is 6.54 Å². The molecule has 3 heteroatoms. The van der Waals surface area contributed by atoms with Gasteiger partial charge in [0.05, 0.1) is 13.2 Å². The Morgan fingerprint density at radius 3 is 1.94 bits per heavy atom. The zero-order valence-corrected chi connectivity index (χ0v) is 10.1. The van der Waals surface area contributed by atoms with Crippen molar-refractivity contribution < 1.29 is 10.2 Å². The van der Waals surface area contributed by atoms with Crippen LogP contribution in [0.15, 0.2) is 18.2 Å². The Balaban J connectivity index is 2.78. The van der Waals surface area contributed by atoms with Crippen LogP contribution in [-0.2, 0) is 19.8 Å². The number of aliphatic hydroxyl groups excluding tert-OH is 2. The third-order valence-electron chi connectivity index (χ3n) is 2.54. The predicted molar refractivity (Wildman–Crippen MR) is 64.9 cm³/mol. The topological polar surface area (TPSA) is 43.7 Å². The van der Waals surface area contributed by atoms with E-state index in [9.17, 15) is 0 Å². The number of rotatable bonds is 6. The van der Waals surface area contributed by atoms with Crippen LogP contribution in [0, 0.1) is 0 Å². The molecule has 0 aromatic heterocycles. The summed E-state index contributed by atoms with van der Waals surface area (Å²) < 4.78 is 0. The monoisotopic (exact) mass is 223 g/mol. The van der Waals surface area contributed by atoms with E-state index >= 15 is 0 Å². The molecule has 3 nitrogen and oxygen atoms in total. The van der Waals surface area contributed by atoms with E-state index in [2.05, 4.69) is 18.9 Å². The minimum absolute atomic E-state index is 0.0261. The first kappa shape index (κ1) is 13.2.